The second-order valence-corrected chi connectivity index (χ2v) is 7.00. The molecule has 0 radical (unpaired) electrons. The van der Waals surface area contributed by atoms with Crippen LogP contribution in [0, 0.1) is 6.92 Å². The summed E-state index contributed by atoms with van der Waals surface area (Å²) in [5.74, 6) is 0.558. The first-order valence-corrected chi connectivity index (χ1v) is 8.31. The van der Waals surface area contributed by atoms with E-state index in [4.69, 9.17) is 21.8 Å². The smallest absolute Gasteiger partial charge is 0.227 e. The SMILES string of the molecule is Cc1ccc(-c2nc3cc(CCC(C)(N)CO)ccc3o2)cc1Cl. The Hall–Kier alpha value is -1.88. The van der Waals surface area contributed by atoms with Crippen LogP contribution in [-0.2, 0) is 6.42 Å². The maximum Gasteiger partial charge on any atom is 0.227 e. The molecule has 0 saturated heterocycles. The van der Waals surface area contributed by atoms with Crippen molar-refractivity contribution in [2.45, 2.75) is 32.2 Å². The Morgan fingerprint density at radius 3 is 2.75 bits per heavy atom. The number of aliphatic hydroxyl groups is 1. The molecule has 2 aromatic carbocycles. The van der Waals surface area contributed by atoms with Gasteiger partial charge in [-0.1, -0.05) is 23.7 Å². The van der Waals surface area contributed by atoms with Crippen LogP contribution in [0.1, 0.15) is 24.5 Å². The highest BCUT2D eigenvalue weighted by atomic mass is 35.5. The molecule has 1 unspecified atom stereocenters. The summed E-state index contributed by atoms with van der Waals surface area (Å²) in [7, 11) is 0. The number of oxazole rings is 1. The molecule has 0 aliphatic heterocycles. The standard InChI is InChI=1S/C19H21ClN2O2/c1-12-3-5-14(10-15(12)20)18-22-16-9-13(4-6-17(16)24-18)7-8-19(2,21)11-23/h3-6,9-10,23H,7-8,11,21H2,1-2H3. The van der Waals surface area contributed by atoms with Crippen molar-refractivity contribution >= 4 is 22.7 Å². The summed E-state index contributed by atoms with van der Waals surface area (Å²) in [5.41, 5.74) is 9.97. The van der Waals surface area contributed by atoms with E-state index in [1.165, 1.54) is 0 Å². The lowest BCUT2D eigenvalue weighted by Crippen LogP contribution is -2.40. The summed E-state index contributed by atoms with van der Waals surface area (Å²) in [4.78, 5) is 4.57. The van der Waals surface area contributed by atoms with Crippen molar-refractivity contribution < 1.29 is 9.52 Å². The molecular formula is C19H21ClN2O2. The number of hydrogen-bond acceptors (Lipinski definition) is 4. The number of benzene rings is 2. The fourth-order valence-corrected chi connectivity index (χ4v) is 2.67. The summed E-state index contributed by atoms with van der Waals surface area (Å²) in [5, 5.41) is 9.95. The van der Waals surface area contributed by atoms with Crippen molar-refractivity contribution in [2.75, 3.05) is 6.61 Å². The minimum atomic E-state index is -0.567. The number of aromatic nitrogens is 1. The third kappa shape index (κ3) is 3.61. The van der Waals surface area contributed by atoms with E-state index in [2.05, 4.69) is 4.98 Å². The van der Waals surface area contributed by atoms with E-state index < -0.39 is 5.54 Å². The van der Waals surface area contributed by atoms with Gasteiger partial charge < -0.3 is 15.3 Å². The Morgan fingerprint density at radius 1 is 1.25 bits per heavy atom. The second-order valence-electron chi connectivity index (χ2n) is 6.60. The zero-order chi connectivity index (χ0) is 17.3. The van der Waals surface area contributed by atoms with Gasteiger partial charge in [0.15, 0.2) is 5.58 Å². The number of halogens is 1. The highest BCUT2D eigenvalue weighted by molar-refractivity contribution is 6.31. The molecule has 0 spiro atoms. The van der Waals surface area contributed by atoms with E-state index in [1.54, 1.807) is 0 Å². The van der Waals surface area contributed by atoms with Crippen molar-refractivity contribution in [1.29, 1.82) is 0 Å². The topological polar surface area (TPSA) is 72.3 Å². The molecule has 1 aromatic heterocycles. The molecule has 0 amide bonds. The summed E-state index contributed by atoms with van der Waals surface area (Å²) in [6.45, 7) is 3.78. The molecule has 24 heavy (non-hydrogen) atoms. The summed E-state index contributed by atoms with van der Waals surface area (Å²) >= 11 is 6.18. The average molecular weight is 345 g/mol. The van der Waals surface area contributed by atoms with Crippen molar-refractivity contribution in [1.82, 2.24) is 4.98 Å². The lowest BCUT2D eigenvalue weighted by Gasteiger charge is -2.21. The number of nitrogens with two attached hydrogens (primary N) is 1. The Morgan fingerprint density at radius 2 is 2.04 bits per heavy atom. The van der Waals surface area contributed by atoms with Crippen molar-refractivity contribution in [3.63, 3.8) is 0 Å². The molecular weight excluding hydrogens is 324 g/mol. The van der Waals surface area contributed by atoms with Crippen LogP contribution in [0.3, 0.4) is 0 Å². The minimum absolute atomic E-state index is 0.0302. The van der Waals surface area contributed by atoms with Gasteiger partial charge in [-0.15, -0.1) is 0 Å². The van der Waals surface area contributed by atoms with Gasteiger partial charge in [0, 0.05) is 16.1 Å². The van der Waals surface area contributed by atoms with E-state index in [1.807, 2.05) is 50.2 Å². The van der Waals surface area contributed by atoms with Crippen LogP contribution in [0.4, 0.5) is 0 Å². The van der Waals surface area contributed by atoms with Crippen molar-refractivity contribution in [3.8, 4) is 11.5 Å². The summed E-state index contributed by atoms with van der Waals surface area (Å²) in [6.07, 6.45) is 1.48. The van der Waals surface area contributed by atoms with Gasteiger partial charge in [-0.3, -0.25) is 0 Å². The van der Waals surface area contributed by atoms with Crippen LogP contribution < -0.4 is 5.73 Å². The fraction of sp³-hybridized carbons (Fsp3) is 0.316. The summed E-state index contributed by atoms with van der Waals surface area (Å²) < 4.78 is 5.84. The molecule has 126 valence electrons. The third-order valence-corrected chi connectivity index (χ3v) is 4.62. The number of aliphatic hydroxyl groups excluding tert-OH is 1. The first-order valence-electron chi connectivity index (χ1n) is 7.94. The van der Waals surface area contributed by atoms with E-state index in [-0.39, 0.29) is 6.61 Å². The molecule has 0 fully saturated rings. The Bertz CT molecular complexity index is 871. The van der Waals surface area contributed by atoms with Gasteiger partial charge in [0.25, 0.3) is 0 Å². The number of rotatable bonds is 5. The average Bonchev–Trinajstić information content (AvgIpc) is 2.99. The third-order valence-electron chi connectivity index (χ3n) is 4.22. The van der Waals surface area contributed by atoms with Crippen molar-refractivity contribution in [3.05, 3.63) is 52.5 Å². The summed E-state index contributed by atoms with van der Waals surface area (Å²) in [6, 6.07) is 11.7. The minimum Gasteiger partial charge on any atom is -0.436 e. The number of nitrogens with zero attached hydrogens (tertiary/aromatic N) is 1. The van der Waals surface area contributed by atoms with Crippen molar-refractivity contribution in [2.24, 2.45) is 5.73 Å². The predicted octanol–water partition coefficient (Wildman–Crippen LogP) is 4.10. The van der Waals surface area contributed by atoms with Gasteiger partial charge in [0.05, 0.1) is 6.61 Å². The van der Waals surface area contributed by atoms with E-state index in [0.29, 0.717) is 17.3 Å². The van der Waals surface area contributed by atoms with Crippen LogP contribution in [0.25, 0.3) is 22.6 Å². The van der Waals surface area contributed by atoms with Gasteiger partial charge >= 0.3 is 0 Å². The lowest BCUT2D eigenvalue weighted by atomic mass is 9.95. The van der Waals surface area contributed by atoms with Gasteiger partial charge in [-0.05, 0) is 62.1 Å². The largest absolute Gasteiger partial charge is 0.436 e. The second kappa shape index (κ2) is 6.55. The van der Waals surface area contributed by atoms with Crippen LogP contribution in [0.15, 0.2) is 40.8 Å². The first-order chi connectivity index (χ1) is 11.4. The van der Waals surface area contributed by atoms with Gasteiger partial charge in [0.1, 0.15) is 5.52 Å². The van der Waals surface area contributed by atoms with Crippen LogP contribution in [0.5, 0.6) is 0 Å². The molecule has 3 aromatic rings. The molecule has 0 aliphatic rings. The highest BCUT2D eigenvalue weighted by Crippen LogP contribution is 2.28. The molecule has 1 heterocycles. The van der Waals surface area contributed by atoms with Crippen LogP contribution >= 0.6 is 11.6 Å². The fourth-order valence-electron chi connectivity index (χ4n) is 2.49. The van der Waals surface area contributed by atoms with Crippen LogP contribution in [0.2, 0.25) is 5.02 Å². The Labute approximate surface area is 146 Å². The molecule has 0 aliphatic carbocycles. The molecule has 4 nitrogen and oxygen atoms in total. The van der Waals surface area contributed by atoms with E-state index in [0.717, 1.165) is 34.2 Å². The zero-order valence-electron chi connectivity index (χ0n) is 13.8. The molecule has 1 atom stereocenters. The highest BCUT2D eigenvalue weighted by Gasteiger charge is 2.17. The van der Waals surface area contributed by atoms with E-state index >= 15 is 0 Å². The maximum absolute atomic E-state index is 9.25. The molecule has 3 rings (SSSR count). The predicted molar refractivity (Wildman–Crippen MR) is 97.2 cm³/mol. The Balaban J connectivity index is 1.87. The molecule has 3 N–H and O–H groups in total. The van der Waals surface area contributed by atoms with Gasteiger partial charge in [-0.2, -0.15) is 0 Å². The molecule has 0 bridgehead atoms. The monoisotopic (exact) mass is 344 g/mol. The first kappa shape index (κ1) is 17.0. The quantitative estimate of drug-likeness (QED) is 0.731. The number of hydrogen-bond donors (Lipinski definition) is 2. The number of fused-ring (bicyclic) bond motifs is 1. The van der Waals surface area contributed by atoms with Crippen LogP contribution in [-0.4, -0.2) is 22.2 Å². The normalized spacial score (nSPS) is 14.0. The van der Waals surface area contributed by atoms with E-state index in [9.17, 15) is 5.11 Å². The van der Waals surface area contributed by atoms with Gasteiger partial charge in [-0.25, -0.2) is 4.98 Å². The maximum atomic E-state index is 9.25. The molecule has 5 heteroatoms. The zero-order valence-corrected chi connectivity index (χ0v) is 14.6. The Kier molecular flexibility index (Phi) is 4.63. The molecule has 0 saturated carbocycles. The number of aryl methyl sites for hydroxylation is 2. The van der Waals surface area contributed by atoms with Gasteiger partial charge in [0.2, 0.25) is 5.89 Å². The lowest BCUT2D eigenvalue weighted by molar-refractivity contribution is 0.200.